The number of halogens is 2. The van der Waals surface area contributed by atoms with E-state index in [2.05, 4.69) is 10.6 Å². The van der Waals surface area contributed by atoms with Gasteiger partial charge in [-0.15, -0.1) is 0 Å². The van der Waals surface area contributed by atoms with Crippen LogP contribution in [0.3, 0.4) is 0 Å². The number of carbonyl (C=O) groups excluding carboxylic acids is 1. The first-order valence-electron chi connectivity index (χ1n) is 7.32. The number of carbonyl (C=O) groups is 1. The monoisotopic (exact) mass is 314 g/mol. The summed E-state index contributed by atoms with van der Waals surface area (Å²) >= 11 is 0. The highest BCUT2D eigenvalue weighted by atomic mass is 19.1. The fraction of sp³-hybridized carbons (Fsp3) is 0.533. The molecule has 1 aliphatic rings. The maximum atomic E-state index is 13.4. The van der Waals surface area contributed by atoms with Crippen molar-refractivity contribution in [3.05, 3.63) is 29.8 Å². The van der Waals surface area contributed by atoms with Gasteiger partial charge >= 0.3 is 6.03 Å². The standard InChI is InChI=1S/C15H20F2N2O3/c16-11-2-1-3-12(17)14(11)19-15(21)18-7-4-13(20)10-5-8-22-9-6-10/h1-3,10,13,20H,4-9H2,(H2,18,19,21). The van der Waals surface area contributed by atoms with Gasteiger partial charge in [-0.2, -0.15) is 0 Å². The number of nitrogens with one attached hydrogen (secondary N) is 2. The number of amides is 2. The van der Waals surface area contributed by atoms with Crippen molar-refractivity contribution in [1.82, 2.24) is 5.32 Å². The fourth-order valence-electron chi connectivity index (χ4n) is 2.44. The molecular formula is C15H20F2N2O3. The molecule has 1 unspecified atom stereocenters. The van der Waals surface area contributed by atoms with Crippen LogP contribution >= 0.6 is 0 Å². The molecule has 1 aromatic rings. The van der Waals surface area contributed by atoms with Crippen LogP contribution in [-0.4, -0.2) is 37.0 Å². The van der Waals surface area contributed by atoms with Gasteiger partial charge in [0.1, 0.15) is 17.3 Å². The van der Waals surface area contributed by atoms with Gasteiger partial charge in [0.2, 0.25) is 0 Å². The lowest BCUT2D eigenvalue weighted by atomic mass is 9.92. The summed E-state index contributed by atoms with van der Waals surface area (Å²) in [6, 6.07) is 2.64. The number of aliphatic hydroxyl groups is 1. The minimum Gasteiger partial charge on any atom is -0.393 e. The van der Waals surface area contributed by atoms with Crippen molar-refractivity contribution in [2.45, 2.75) is 25.4 Å². The number of urea groups is 1. The van der Waals surface area contributed by atoms with Crippen LogP contribution in [0.1, 0.15) is 19.3 Å². The fourth-order valence-corrected chi connectivity index (χ4v) is 2.44. The lowest BCUT2D eigenvalue weighted by Gasteiger charge is -2.26. The molecule has 122 valence electrons. The number of anilines is 1. The van der Waals surface area contributed by atoms with Crippen molar-refractivity contribution in [2.75, 3.05) is 25.1 Å². The molecule has 0 aromatic heterocycles. The lowest BCUT2D eigenvalue weighted by molar-refractivity contribution is 0.00549. The van der Waals surface area contributed by atoms with Gasteiger partial charge in [-0.25, -0.2) is 13.6 Å². The van der Waals surface area contributed by atoms with Crippen LogP contribution in [0.25, 0.3) is 0 Å². The van der Waals surface area contributed by atoms with E-state index in [1.807, 2.05) is 0 Å². The molecule has 0 radical (unpaired) electrons. The average Bonchev–Trinajstić information content (AvgIpc) is 2.52. The molecule has 0 aliphatic carbocycles. The van der Waals surface area contributed by atoms with Gasteiger partial charge in [-0.1, -0.05) is 6.07 Å². The van der Waals surface area contributed by atoms with Crippen molar-refractivity contribution in [2.24, 2.45) is 5.92 Å². The van der Waals surface area contributed by atoms with E-state index < -0.39 is 29.5 Å². The van der Waals surface area contributed by atoms with E-state index in [1.54, 1.807) is 0 Å². The maximum Gasteiger partial charge on any atom is 0.319 e. The van der Waals surface area contributed by atoms with E-state index in [0.29, 0.717) is 19.6 Å². The molecule has 1 fully saturated rings. The van der Waals surface area contributed by atoms with Crippen LogP contribution in [0, 0.1) is 17.6 Å². The molecule has 1 saturated heterocycles. The van der Waals surface area contributed by atoms with Crippen LogP contribution in [0.5, 0.6) is 0 Å². The van der Waals surface area contributed by atoms with Gasteiger partial charge in [0.15, 0.2) is 0 Å². The number of hydrogen-bond donors (Lipinski definition) is 3. The Morgan fingerprint density at radius 2 is 1.95 bits per heavy atom. The molecule has 2 amide bonds. The average molecular weight is 314 g/mol. The molecule has 3 N–H and O–H groups in total. The van der Waals surface area contributed by atoms with Crippen molar-refractivity contribution < 1.29 is 23.4 Å². The topological polar surface area (TPSA) is 70.6 Å². The first-order chi connectivity index (χ1) is 10.6. The molecule has 2 rings (SSSR count). The van der Waals surface area contributed by atoms with Gasteiger partial charge in [0.25, 0.3) is 0 Å². The van der Waals surface area contributed by atoms with E-state index in [-0.39, 0.29) is 12.5 Å². The zero-order valence-electron chi connectivity index (χ0n) is 12.1. The first kappa shape index (κ1) is 16.6. The molecule has 1 heterocycles. The van der Waals surface area contributed by atoms with Crippen LogP contribution in [0.4, 0.5) is 19.3 Å². The summed E-state index contributed by atoms with van der Waals surface area (Å²) < 4.78 is 32.0. The summed E-state index contributed by atoms with van der Waals surface area (Å²) in [4.78, 5) is 11.6. The summed E-state index contributed by atoms with van der Waals surface area (Å²) in [6.07, 6.45) is 1.47. The van der Waals surface area contributed by atoms with Gasteiger partial charge in [0.05, 0.1) is 6.10 Å². The maximum absolute atomic E-state index is 13.4. The Morgan fingerprint density at radius 3 is 2.59 bits per heavy atom. The number of benzene rings is 1. The molecule has 1 aromatic carbocycles. The van der Waals surface area contributed by atoms with Gasteiger partial charge in [-0.3, -0.25) is 0 Å². The molecule has 0 spiro atoms. The van der Waals surface area contributed by atoms with Crippen molar-refractivity contribution >= 4 is 11.7 Å². The third kappa shape index (κ3) is 4.64. The van der Waals surface area contributed by atoms with Crippen LogP contribution < -0.4 is 10.6 Å². The van der Waals surface area contributed by atoms with E-state index in [1.165, 1.54) is 6.07 Å². The van der Waals surface area contributed by atoms with Crippen molar-refractivity contribution in [3.8, 4) is 0 Å². The number of ether oxygens (including phenoxy) is 1. The predicted molar refractivity (Wildman–Crippen MR) is 77.5 cm³/mol. The zero-order chi connectivity index (χ0) is 15.9. The summed E-state index contributed by atoms with van der Waals surface area (Å²) in [6.45, 7) is 1.50. The van der Waals surface area contributed by atoms with Crippen LogP contribution in [0.2, 0.25) is 0 Å². The quantitative estimate of drug-likeness (QED) is 0.781. The second-order valence-electron chi connectivity index (χ2n) is 5.28. The highest BCUT2D eigenvalue weighted by molar-refractivity contribution is 5.89. The summed E-state index contributed by atoms with van der Waals surface area (Å²) in [5, 5.41) is 14.6. The summed E-state index contributed by atoms with van der Waals surface area (Å²) in [7, 11) is 0. The molecule has 7 heteroatoms. The minimum atomic E-state index is -0.836. The molecule has 22 heavy (non-hydrogen) atoms. The van der Waals surface area contributed by atoms with E-state index in [0.717, 1.165) is 25.0 Å². The normalized spacial score (nSPS) is 17.0. The molecule has 1 atom stereocenters. The van der Waals surface area contributed by atoms with Gasteiger partial charge < -0.3 is 20.5 Å². The SMILES string of the molecule is O=C(NCCC(O)C1CCOCC1)Nc1c(F)cccc1F. The number of rotatable bonds is 5. The Labute approximate surface area is 127 Å². The molecular weight excluding hydrogens is 294 g/mol. The smallest absolute Gasteiger partial charge is 0.319 e. The van der Waals surface area contributed by atoms with Crippen LogP contribution in [-0.2, 0) is 4.74 Å². The Morgan fingerprint density at radius 1 is 1.32 bits per heavy atom. The van der Waals surface area contributed by atoms with Crippen molar-refractivity contribution in [1.29, 1.82) is 0 Å². The second-order valence-corrected chi connectivity index (χ2v) is 5.28. The number of para-hydroxylation sites is 1. The second kappa shape index (κ2) is 8.05. The van der Waals surface area contributed by atoms with Crippen LogP contribution in [0.15, 0.2) is 18.2 Å². The number of hydrogen-bond acceptors (Lipinski definition) is 3. The molecule has 0 saturated carbocycles. The summed E-state index contributed by atoms with van der Waals surface area (Å²) in [5.41, 5.74) is -0.482. The lowest BCUT2D eigenvalue weighted by Crippen LogP contribution is -2.34. The Bertz CT molecular complexity index is 487. The molecule has 5 nitrogen and oxygen atoms in total. The van der Waals surface area contributed by atoms with Gasteiger partial charge in [0, 0.05) is 19.8 Å². The predicted octanol–water partition coefficient (Wildman–Crippen LogP) is 2.26. The summed E-state index contributed by atoms with van der Waals surface area (Å²) in [5.74, 6) is -1.50. The Balaban J connectivity index is 1.73. The Hall–Kier alpha value is -1.73. The first-order valence-corrected chi connectivity index (χ1v) is 7.32. The molecule has 0 bridgehead atoms. The van der Waals surface area contributed by atoms with E-state index >= 15 is 0 Å². The zero-order valence-corrected chi connectivity index (χ0v) is 12.1. The van der Waals surface area contributed by atoms with Gasteiger partial charge in [-0.05, 0) is 37.3 Å². The minimum absolute atomic E-state index is 0.169. The van der Waals surface area contributed by atoms with E-state index in [4.69, 9.17) is 4.74 Å². The number of aliphatic hydroxyl groups excluding tert-OH is 1. The highest BCUT2D eigenvalue weighted by Crippen LogP contribution is 2.20. The van der Waals surface area contributed by atoms with Crippen molar-refractivity contribution in [3.63, 3.8) is 0 Å². The van der Waals surface area contributed by atoms with E-state index in [9.17, 15) is 18.7 Å². The largest absolute Gasteiger partial charge is 0.393 e. The Kier molecular flexibility index (Phi) is 6.09. The third-order valence-electron chi connectivity index (χ3n) is 3.74. The third-order valence-corrected chi connectivity index (χ3v) is 3.74. The molecule has 1 aliphatic heterocycles. The highest BCUT2D eigenvalue weighted by Gasteiger charge is 2.22.